The number of nitrogens with one attached hydrogen (secondary N) is 3. The number of imidazole rings is 1. The molecule has 6 nitrogen and oxygen atoms in total. The molecule has 3 aromatic heterocycles. The summed E-state index contributed by atoms with van der Waals surface area (Å²) in [4.78, 5) is 20.7. The Balaban J connectivity index is 1.46. The van der Waals surface area contributed by atoms with Crippen molar-refractivity contribution in [1.29, 1.82) is 0 Å². The van der Waals surface area contributed by atoms with Crippen LogP contribution in [0.15, 0.2) is 61.1 Å². The summed E-state index contributed by atoms with van der Waals surface area (Å²) < 4.78 is 1.23. The number of hydrogen-bond donors (Lipinski definition) is 3. The number of anilines is 1. The van der Waals surface area contributed by atoms with E-state index in [4.69, 9.17) is 0 Å². The summed E-state index contributed by atoms with van der Waals surface area (Å²) in [5, 5.41) is 12.5. The molecule has 0 bridgehead atoms. The molecule has 0 saturated heterocycles. The Labute approximate surface area is 164 Å². The molecule has 0 aliphatic carbocycles. The number of aromatic nitrogens is 4. The smallest absolute Gasteiger partial charge is 0.224 e. The van der Waals surface area contributed by atoms with E-state index in [2.05, 4.69) is 43.7 Å². The Bertz CT molecular complexity index is 1240. The molecule has 0 spiro atoms. The van der Waals surface area contributed by atoms with E-state index in [-0.39, 0.29) is 5.91 Å². The summed E-state index contributed by atoms with van der Waals surface area (Å²) in [6.07, 6.45) is 6.18. The first-order valence-corrected chi connectivity index (χ1v) is 9.82. The van der Waals surface area contributed by atoms with Gasteiger partial charge in [0.1, 0.15) is 5.82 Å². The first kappa shape index (κ1) is 16.7. The Morgan fingerprint density at radius 1 is 1.14 bits per heavy atom. The lowest BCUT2D eigenvalue weighted by molar-refractivity contribution is -0.116. The van der Waals surface area contributed by atoms with Crippen LogP contribution >= 0.6 is 11.3 Å². The molecule has 0 aliphatic heterocycles. The lowest BCUT2D eigenvalue weighted by Gasteiger charge is -2.08. The molecule has 0 unspecified atom stereocenters. The van der Waals surface area contributed by atoms with Crippen LogP contribution in [0.2, 0.25) is 0 Å². The van der Waals surface area contributed by atoms with Crippen molar-refractivity contribution in [2.24, 2.45) is 0 Å². The van der Waals surface area contributed by atoms with Crippen LogP contribution in [0, 0.1) is 0 Å². The van der Waals surface area contributed by atoms with Crippen molar-refractivity contribution in [3.8, 4) is 10.4 Å². The van der Waals surface area contributed by atoms with E-state index in [9.17, 15) is 4.79 Å². The SMILES string of the molecule is O=C(CCc1ncc[nH]1)Nc1cc(-c2cc3ccccc3s2)c2[nH]ncc2c1. The maximum atomic E-state index is 12.4. The molecule has 138 valence electrons. The standard InChI is InChI=1S/C21H17N5OS/c27-20(6-5-19-22-7-8-23-19)25-15-9-14-12-24-26-21(14)16(11-15)18-10-13-3-1-2-4-17(13)28-18/h1-4,7-12H,5-6H2,(H,22,23)(H,24,26)(H,25,27). The minimum atomic E-state index is -0.0402. The molecule has 7 heteroatoms. The fourth-order valence-corrected chi connectivity index (χ4v) is 4.41. The lowest BCUT2D eigenvalue weighted by atomic mass is 10.1. The lowest BCUT2D eigenvalue weighted by Crippen LogP contribution is -2.12. The number of carbonyl (C=O) groups excluding carboxylic acids is 1. The molecule has 5 aromatic rings. The van der Waals surface area contributed by atoms with E-state index in [0.29, 0.717) is 12.8 Å². The second-order valence-electron chi connectivity index (χ2n) is 6.59. The van der Waals surface area contributed by atoms with Crippen molar-refractivity contribution in [2.75, 3.05) is 5.32 Å². The zero-order valence-corrected chi connectivity index (χ0v) is 15.7. The van der Waals surface area contributed by atoms with Crippen molar-refractivity contribution in [1.82, 2.24) is 20.2 Å². The van der Waals surface area contributed by atoms with Gasteiger partial charge in [-0.05, 0) is 29.7 Å². The maximum absolute atomic E-state index is 12.4. The number of fused-ring (bicyclic) bond motifs is 2. The summed E-state index contributed by atoms with van der Waals surface area (Å²) in [7, 11) is 0. The second-order valence-corrected chi connectivity index (χ2v) is 7.67. The fourth-order valence-electron chi connectivity index (χ4n) is 3.33. The number of H-pyrrole nitrogens is 2. The third kappa shape index (κ3) is 3.16. The van der Waals surface area contributed by atoms with Gasteiger partial charge in [-0.2, -0.15) is 5.10 Å². The molecule has 28 heavy (non-hydrogen) atoms. The highest BCUT2D eigenvalue weighted by Crippen LogP contribution is 2.38. The molecule has 0 atom stereocenters. The topological polar surface area (TPSA) is 86.5 Å². The largest absolute Gasteiger partial charge is 0.349 e. The van der Waals surface area contributed by atoms with Crippen molar-refractivity contribution in [3.05, 3.63) is 66.9 Å². The second kappa shape index (κ2) is 6.94. The maximum Gasteiger partial charge on any atom is 0.224 e. The highest BCUT2D eigenvalue weighted by atomic mass is 32.1. The summed E-state index contributed by atoms with van der Waals surface area (Å²) in [6, 6.07) is 14.5. The van der Waals surface area contributed by atoms with Gasteiger partial charge in [0.25, 0.3) is 0 Å². The third-order valence-corrected chi connectivity index (χ3v) is 5.82. The van der Waals surface area contributed by atoms with Crippen LogP contribution in [0.4, 0.5) is 5.69 Å². The van der Waals surface area contributed by atoms with Gasteiger partial charge in [0.2, 0.25) is 5.91 Å². The minimum absolute atomic E-state index is 0.0402. The minimum Gasteiger partial charge on any atom is -0.349 e. The van der Waals surface area contributed by atoms with Gasteiger partial charge in [-0.1, -0.05) is 18.2 Å². The van der Waals surface area contributed by atoms with Crippen LogP contribution in [0.3, 0.4) is 0 Å². The highest BCUT2D eigenvalue weighted by Gasteiger charge is 2.13. The molecule has 3 N–H and O–H groups in total. The molecular weight excluding hydrogens is 370 g/mol. The van der Waals surface area contributed by atoms with Gasteiger partial charge in [0, 0.05) is 51.4 Å². The number of carbonyl (C=O) groups is 1. The average molecular weight is 387 g/mol. The summed E-state index contributed by atoms with van der Waals surface area (Å²) in [6.45, 7) is 0. The molecule has 2 aromatic carbocycles. The average Bonchev–Trinajstić information content (AvgIpc) is 3.45. The third-order valence-electron chi connectivity index (χ3n) is 4.67. The van der Waals surface area contributed by atoms with E-state index in [1.807, 2.05) is 24.3 Å². The quantitative estimate of drug-likeness (QED) is 0.407. The number of nitrogens with zero attached hydrogens (tertiary/aromatic N) is 2. The molecule has 3 heterocycles. The number of hydrogen-bond acceptors (Lipinski definition) is 4. The van der Waals surface area contributed by atoms with Crippen LogP contribution in [0.5, 0.6) is 0 Å². The molecule has 0 radical (unpaired) electrons. The van der Waals surface area contributed by atoms with E-state index in [1.165, 1.54) is 10.1 Å². The number of amides is 1. The van der Waals surface area contributed by atoms with Crippen molar-refractivity contribution >= 4 is 43.9 Å². The Kier molecular flexibility index (Phi) is 4.14. The van der Waals surface area contributed by atoms with E-state index in [1.54, 1.807) is 29.9 Å². The highest BCUT2D eigenvalue weighted by molar-refractivity contribution is 7.22. The van der Waals surface area contributed by atoms with Crippen LogP contribution < -0.4 is 5.32 Å². The molecule has 0 fully saturated rings. The Morgan fingerprint density at radius 3 is 2.93 bits per heavy atom. The van der Waals surface area contributed by atoms with Crippen LogP contribution in [0.25, 0.3) is 31.4 Å². The zero-order valence-electron chi connectivity index (χ0n) is 14.9. The van der Waals surface area contributed by atoms with E-state index in [0.717, 1.165) is 32.9 Å². The fraction of sp³-hybridized carbons (Fsp3) is 0.0952. The molecular formula is C21H17N5OS. The number of aromatic amines is 2. The molecule has 5 rings (SSSR count). The van der Waals surface area contributed by atoms with Crippen molar-refractivity contribution in [2.45, 2.75) is 12.8 Å². The summed E-state index contributed by atoms with van der Waals surface area (Å²) in [5.74, 6) is 0.771. The molecule has 1 amide bonds. The van der Waals surface area contributed by atoms with Gasteiger partial charge < -0.3 is 10.3 Å². The van der Waals surface area contributed by atoms with Crippen molar-refractivity contribution in [3.63, 3.8) is 0 Å². The molecule has 0 aliphatic rings. The normalized spacial score (nSPS) is 11.3. The van der Waals surface area contributed by atoms with Crippen LogP contribution in [-0.2, 0) is 11.2 Å². The van der Waals surface area contributed by atoms with Gasteiger partial charge in [0.05, 0.1) is 11.7 Å². The monoisotopic (exact) mass is 387 g/mol. The van der Waals surface area contributed by atoms with E-state index < -0.39 is 0 Å². The van der Waals surface area contributed by atoms with Gasteiger partial charge >= 0.3 is 0 Å². The summed E-state index contributed by atoms with van der Waals surface area (Å²) >= 11 is 1.73. The van der Waals surface area contributed by atoms with Crippen LogP contribution in [-0.4, -0.2) is 26.1 Å². The van der Waals surface area contributed by atoms with Gasteiger partial charge in [0.15, 0.2) is 0 Å². The Hall–Kier alpha value is -3.45. The molecule has 0 saturated carbocycles. The van der Waals surface area contributed by atoms with Crippen LogP contribution in [0.1, 0.15) is 12.2 Å². The van der Waals surface area contributed by atoms with Gasteiger partial charge in [-0.25, -0.2) is 4.98 Å². The van der Waals surface area contributed by atoms with Gasteiger partial charge in [-0.15, -0.1) is 11.3 Å². The zero-order chi connectivity index (χ0) is 18.9. The number of rotatable bonds is 5. The first-order valence-electron chi connectivity index (χ1n) is 9.00. The predicted molar refractivity (Wildman–Crippen MR) is 112 cm³/mol. The number of benzene rings is 2. The number of thiophene rings is 1. The first-order chi connectivity index (χ1) is 13.8. The predicted octanol–water partition coefficient (Wildman–Crippen LogP) is 4.74. The van der Waals surface area contributed by atoms with Gasteiger partial charge in [-0.3, -0.25) is 9.89 Å². The summed E-state index contributed by atoms with van der Waals surface area (Å²) in [5.41, 5.74) is 2.78. The number of aryl methyl sites for hydroxylation is 1. The van der Waals surface area contributed by atoms with E-state index >= 15 is 0 Å². The Morgan fingerprint density at radius 2 is 2.07 bits per heavy atom. The van der Waals surface area contributed by atoms with Crippen molar-refractivity contribution < 1.29 is 4.79 Å².